The maximum atomic E-state index is 14.3. The first-order valence-electron chi connectivity index (χ1n) is 12.1. The summed E-state index contributed by atoms with van der Waals surface area (Å²) < 4.78 is 22.6. The highest BCUT2D eigenvalue weighted by Crippen LogP contribution is 2.16. The number of benzene rings is 2. The topological polar surface area (TPSA) is 54.8 Å². The highest BCUT2D eigenvalue weighted by atomic mass is 79.9. The molecule has 1 aromatic heterocycles. The number of aromatic nitrogens is 1. The Morgan fingerprint density at radius 2 is 1.75 bits per heavy atom. The molecule has 0 N–H and O–H groups in total. The smallest absolute Gasteiger partial charge is 0.257 e. The first kappa shape index (κ1) is 27.6. The predicted molar refractivity (Wildman–Crippen MR) is 142 cm³/mol. The highest BCUT2D eigenvalue weighted by molar-refractivity contribution is 9.10. The van der Waals surface area contributed by atoms with Crippen molar-refractivity contribution in [3.05, 3.63) is 94.0 Å². The number of hydrogen-bond acceptors (Lipinski definition) is 3. The second-order valence-electron chi connectivity index (χ2n) is 8.62. The lowest BCUT2D eigenvalue weighted by Crippen LogP contribution is -2.44. The summed E-state index contributed by atoms with van der Waals surface area (Å²) in [6.45, 7) is 4.06. The zero-order valence-electron chi connectivity index (χ0n) is 20.8. The number of methoxy groups -OCH3 is 1. The van der Waals surface area contributed by atoms with Crippen LogP contribution in [0.1, 0.15) is 41.4 Å². The van der Waals surface area contributed by atoms with Crippen LogP contribution in [0.4, 0.5) is 4.39 Å². The van der Waals surface area contributed by atoms with Gasteiger partial charge in [-0.05, 0) is 48.4 Å². The number of amides is 2. The van der Waals surface area contributed by atoms with Crippen molar-refractivity contribution in [2.45, 2.75) is 32.9 Å². The summed E-state index contributed by atoms with van der Waals surface area (Å²) >= 11 is 3.47. The molecule has 0 atom stereocenters. The molecule has 0 aliphatic rings. The molecule has 0 saturated carbocycles. The molecule has 192 valence electrons. The van der Waals surface area contributed by atoms with E-state index in [-0.39, 0.29) is 31.2 Å². The van der Waals surface area contributed by atoms with Crippen LogP contribution in [0, 0.1) is 5.82 Å². The summed E-state index contributed by atoms with van der Waals surface area (Å²) in [6.07, 6.45) is 3.79. The van der Waals surface area contributed by atoms with E-state index in [4.69, 9.17) is 4.74 Å². The van der Waals surface area contributed by atoms with Crippen LogP contribution in [0.2, 0.25) is 0 Å². The summed E-state index contributed by atoms with van der Waals surface area (Å²) in [7, 11) is 1.53. The SMILES string of the molecule is CCCCN(Cc1cccn1Cc1ccc(Br)cc1)C(=O)CN(CCOC)C(=O)c1ccccc1F. The average Bonchev–Trinajstić information content (AvgIpc) is 3.31. The third-order valence-corrected chi connectivity index (χ3v) is 6.49. The van der Waals surface area contributed by atoms with E-state index in [1.54, 1.807) is 11.0 Å². The van der Waals surface area contributed by atoms with Crippen LogP contribution in [0.5, 0.6) is 0 Å². The van der Waals surface area contributed by atoms with E-state index in [1.165, 1.54) is 30.2 Å². The fourth-order valence-corrected chi connectivity index (χ4v) is 4.16. The fraction of sp³-hybridized carbons (Fsp3) is 0.357. The fourth-order valence-electron chi connectivity index (χ4n) is 3.89. The summed E-state index contributed by atoms with van der Waals surface area (Å²) in [4.78, 5) is 29.7. The number of carbonyl (C=O) groups is 2. The molecule has 3 aromatic rings. The highest BCUT2D eigenvalue weighted by Gasteiger charge is 2.24. The Morgan fingerprint density at radius 1 is 1.00 bits per heavy atom. The van der Waals surface area contributed by atoms with Crippen LogP contribution < -0.4 is 0 Å². The predicted octanol–water partition coefficient (Wildman–Crippen LogP) is 5.36. The first-order chi connectivity index (χ1) is 17.4. The van der Waals surface area contributed by atoms with Crippen molar-refractivity contribution in [1.82, 2.24) is 14.4 Å². The molecule has 0 saturated heterocycles. The molecule has 0 unspecified atom stereocenters. The van der Waals surface area contributed by atoms with Gasteiger partial charge < -0.3 is 19.1 Å². The minimum Gasteiger partial charge on any atom is -0.383 e. The van der Waals surface area contributed by atoms with Gasteiger partial charge in [0, 0.05) is 43.1 Å². The molecule has 1 heterocycles. The number of rotatable bonds is 13. The Balaban J connectivity index is 1.76. The van der Waals surface area contributed by atoms with Crippen LogP contribution in [0.15, 0.2) is 71.3 Å². The van der Waals surface area contributed by atoms with E-state index >= 15 is 0 Å². The van der Waals surface area contributed by atoms with Crippen molar-refractivity contribution >= 4 is 27.7 Å². The Morgan fingerprint density at radius 3 is 2.44 bits per heavy atom. The van der Waals surface area contributed by atoms with E-state index in [2.05, 4.69) is 39.6 Å². The second kappa shape index (κ2) is 13.9. The maximum absolute atomic E-state index is 14.3. The lowest BCUT2D eigenvalue weighted by molar-refractivity contribution is -0.132. The van der Waals surface area contributed by atoms with E-state index in [1.807, 2.05) is 30.5 Å². The number of hydrogen-bond donors (Lipinski definition) is 0. The molecule has 3 rings (SSSR count). The van der Waals surface area contributed by atoms with Gasteiger partial charge in [-0.3, -0.25) is 9.59 Å². The van der Waals surface area contributed by atoms with Gasteiger partial charge >= 0.3 is 0 Å². The molecule has 8 heteroatoms. The molecular weight excluding hydrogens is 525 g/mol. The molecule has 36 heavy (non-hydrogen) atoms. The lowest BCUT2D eigenvalue weighted by Gasteiger charge is -2.28. The summed E-state index contributed by atoms with van der Waals surface area (Å²) in [5.74, 6) is -1.31. The van der Waals surface area contributed by atoms with Gasteiger partial charge in [0.25, 0.3) is 5.91 Å². The van der Waals surface area contributed by atoms with E-state index in [0.29, 0.717) is 19.6 Å². The van der Waals surface area contributed by atoms with Gasteiger partial charge in [-0.15, -0.1) is 0 Å². The standard InChI is InChI=1S/C28H33BrFN3O3/c1-3-4-15-32(20-24-8-7-16-31(24)19-22-11-13-23(29)14-12-22)27(34)21-33(17-18-36-2)28(35)25-9-5-6-10-26(25)30/h5-14,16H,3-4,15,17-21H2,1-2H3. The number of nitrogens with zero attached hydrogens (tertiary/aromatic N) is 3. The third kappa shape index (κ3) is 7.77. The van der Waals surface area contributed by atoms with Gasteiger partial charge in [-0.1, -0.05) is 53.5 Å². The van der Waals surface area contributed by atoms with Crippen molar-refractivity contribution in [3.63, 3.8) is 0 Å². The molecule has 0 radical (unpaired) electrons. The van der Waals surface area contributed by atoms with E-state index < -0.39 is 11.7 Å². The van der Waals surface area contributed by atoms with Crippen molar-refractivity contribution in [2.75, 3.05) is 33.4 Å². The lowest BCUT2D eigenvalue weighted by atomic mass is 10.2. The number of unbranched alkanes of at least 4 members (excludes halogenated alkanes) is 1. The molecule has 2 aromatic carbocycles. The van der Waals surface area contributed by atoms with Crippen LogP contribution in [0.3, 0.4) is 0 Å². The molecule has 6 nitrogen and oxygen atoms in total. The van der Waals surface area contributed by atoms with Gasteiger partial charge in [-0.25, -0.2) is 4.39 Å². The maximum Gasteiger partial charge on any atom is 0.257 e. The Labute approximate surface area is 220 Å². The van der Waals surface area contributed by atoms with Crippen LogP contribution >= 0.6 is 15.9 Å². The molecule has 0 fully saturated rings. The summed E-state index contributed by atoms with van der Waals surface area (Å²) in [5.41, 5.74) is 2.11. The quantitative estimate of drug-likeness (QED) is 0.284. The minimum atomic E-state index is -0.606. The summed E-state index contributed by atoms with van der Waals surface area (Å²) in [6, 6.07) is 18.0. The summed E-state index contributed by atoms with van der Waals surface area (Å²) in [5, 5.41) is 0. The van der Waals surface area contributed by atoms with E-state index in [0.717, 1.165) is 28.6 Å². The van der Waals surface area contributed by atoms with Crippen LogP contribution in [0.25, 0.3) is 0 Å². The Bertz CT molecular complexity index is 1130. The third-order valence-electron chi connectivity index (χ3n) is 5.96. The molecular formula is C28H33BrFN3O3. The van der Waals surface area contributed by atoms with Crippen molar-refractivity contribution in [1.29, 1.82) is 0 Å². The number of ether oxygens (including phenoxy) is 1. The zero-order valence-corrected chi connectivity index (χ0v) is 22.4. The largest absolute Gasteiger partial charge is 0.383 e. The zero-order chi connectivity index (χ0) is 25.9. The first-order valence-corrected chi connectivity index (χ1v) is 12.9. The van der Waals surface area contributed by atoms with Crippen LogP contribution in [-0.4, -0.2) is 59.5 Å². The Kier molecular flexibility index (Phi) is 10.7. The molecule has 0 spiro atoms. The van der Waals surface area contributed by atoms with Crippen molar-refractivity contribution in [3.8, 4) is 0 Å². The molecule has 0 aliphatic heterocycles. The second-order valence-corrected chi connectivity index (χ2v) is 9.54. The molecule has 2 amide bonds. The van der Waals surface area contributed by atoms with Gasteiger partial charge in [0.15, 0.2) is 0 Å². The number of halogens is 2. The van der Waals surface area contributed by atoms with Crippen LogP contribution in [-0.2, 0) is 22.6 Å². The van der Waals surface area contributed by atoms with Gasteiger partial charge in [0.05, 0.1) is 18.7 Å². The normalized spacial score (nSPS) is 10.9. The van der Waals surface area contributed by atoms with Crippen molar-refractivity contribution in [2.24, 2.45) is 0 Å². The van der Waals surface area contributed by atoms with Gasteiger partial charge in [0.2, 0.25) is 5.91 Å². The minimum absolute atomic E-state index is 0.0510. The van der Waals surface area contributed by atoms with Gasteiger partial charge in [-0.2, -0.15) is 0 Å². The van der Waals surface area contributed by atoms with Crippen molar-refractivity contribution < 1.29 is 18.7 Å². The monoisotopic (exact) mass is 557 g/mol. The van der Waals surface area contributed by atoms with E-state index in [9.17, 15) is 14.0 Å². The Hall–Kier alpha value is -2.97. The molecule has 0 aliphatic carbocycles. The number of carbonyl (C=O) groups excluding carboxylic acids is 2. The van der Waals surface area contributed by atoms with Gasteiger partial charge in [0.1, 0.15) is 12.4 Å². The average molecular weight is 558 g/mol. The molecule has 0 bridgehead atoms.